The summed E-state index contributed by atoms with van der Waals surface area (Å²) < 4.78 is 0. The number of nitrogens with zero attached hydrogens (tertiary/aromatic N) is 1. The molecule has 2 aliphatic rings. The summed E-state index contributed by atoms with van der Waals surface area (Å²) in [5, 5.41) is 8.90. The minimum absolute atomic E-state index is 0.142. The Bertz CT molecular complexity index is 971. The van der Waals surface area contributed by atoms with Gasteiger partial charge in [-0.05, 0) is 61.3 Å². The molecule has 2 aromatic carbocycles. The van der Waals surface area contributed by atoms with E-state index in [0.29, 0.717) is 25.1 Å². The SMILES string of the molecule is CNCCc1ccc(NCc2ccc3c(c2)CN(C2CCC(=O)NC2=O)C3=O)cc1. The van der Waals surface area contributed by atoms with E-state index in [-0.39, 0.29) is 24.1 Å². The van der Waals surface area contributed by atoms with Gasteiger partial charge in [-0.15, -0.1) is 0 Å². The van der Waals surface area contributed by atoms with E-state index < -0.39 is 6.04 Å². The Balaban J connectivity index is 1.39. The summed E-state index contributed by atoms with van der Waals surface area (Å²) in [5.41, 5.74) is 4.97. The van der Waals surface area contributed by atoms with Gasteiger partial charge in [0.15, 0.2) is 0 Å². The van der Waals surface area contributed by atoms with E-state index in [1.807, 2.05) is 25.2 Å². The molecule has 1 saturated heterocycles. The van der Waals surface area contributed by atoms with Crippen LogP contribution in [-0.2, 0) is 29.1 Å². The number of nitrogens with one attached hydrogen (secondary N) is 3. The van der Waals surface area contributed by atoms with E-state index in [1.165, 1.54) is 5.56 Å². The predicted molar refractivity (Wildman–Crippen MR) is 114 cm³/mol. The molecule has 0 bridgehead atoms. The largest absolute Gasteiger partial charge is 0.381 e. The molecule has 1 unspecified atom stereocenters. The number of fused-ring (bicyclic) bond motifs is 1. The second-order valence-electron chi connectivity index (χ2n) is 7.80. The van der Waals surface area contributed by atoms with Crippen molar-refractivity contribution in [3.8, 4) is 0 Å². The Kier molecular flexibility index (Phi) is 5.81. The zero-order valence-corrected chi connectivity index (χ0v) is 17.0. The summed E-state index contributed by atoms with van der Waals surface area (Å²) in [6.45, 7) is 2.00. The number of amides is 3. The molecule has 4 rings (SSSR count). The third-order valence-corrected chi connectivity index (χ3v) is 5.70. The number of imide groups is 1. The van der Waals surface area contributed by atoms with Gasteiger partial charge < -0.3 is 15.5 Å². The van der Waals surface area contributed by atoms with Crippen LogP contribution < -0.4 is 16.0 Å². The minimum atomic E-state index is -0.578. The van der Waals surface area contributed by atoms with Gasteiger partial charge in [0.1, 0.15) is 6.04 Å². The molecular weight excluding hydrogens is 380 g/mol. The molecule has 0 aliphatic carbocycles. The smallest absolute Gasteiger partial charge is 0.255 e. The first kappa shape index (κ1) is 20.1. The quantitative estimate of drug-likeness (QED) is 0.611. The fourth-order valence-electron chi connectivity index (χ4n) is 4.00. The molecule has 0 radical (unpaired) electrons. The van der Waals surface area contributed by atoms with Crippen LogP contribution in [0.3, 0.4) is 0 Å². The fraction of sp³-hybridized carbons (Fsp3) is 0.348. The van der Waals surface area contributed by atoms with E-state index in [2.05, 4.69) is 40.2 Å². The summed E-state index contributed by atoms with van der Waals surface area (Å²) in [6.07, 6.45) is 1.64. The van der Waals surface area contributed by atoms with Crippen LogP contribution in [0.4, 0.5) is 5.69 Å². The van der Waals surface area contributed by atoms with Gasteiger partial charge in [-0.2, -0.15) is 0 Å². The maximum absolute atomic E-state index is 12.8. The molecule has 3 amide bonds. The van der Waals surface area contributed by atoms with E-state index >= 15 is 0 Å². The van der Waals surface area contributed by atoms with Gasteiger partial charge in [0.25, 0.3) is 5.91 Å². The van der Waals surface area contributed by atoms with Crippen molar-refractivity contribution >= 4 is 23.4 Å². The Labute approximate surface area is 175 Å². The van der Waals surface area contributed by atoms with Crippen LogP contribution in [-0.4, -0.2) is 42.3 Å². The number of hydrogen-bond acceptors (Lipinski definition) is 5. The van der Waals surface area contributed by atoms with Gasteiger partial charge in [-0.1, -0.05) is 24.3 Å². The third-order valence-electron chi connectivity index (χ3n) is 5.70. The first-order valence-corrected chi connectivity index (χ1v) is 10.3. The number of benzene rings is 2. The molecule has 156 valence electrons. The summed E-state index contributed by atoms with van der Waals surface area (Å²) in [7, 11) is 1.95. The minimum Gasteiger partial charge on any atom is -0.381 e. The number of likely N-dealkylation sites (N-methyl/N-ethyl adjacent to an activating group) is 1. The molecule has 30 heavy (non-hydrogen) atoms. The summed E-state index contributed by atoms with van der Waals surface area (Å²) >= 11 is 0. The second-order valence-corrected chi connectivity index (χ2v) is 7.80. The average molecular weight is 406 g/mol. The number of hydrogen-bond donors (Lipinski definition) is 3. The van der Waals surface area contributed by atoms with Gasteiger partial charge >= 0.3 is 0 Å². The lowest BCUT2D eigenvalue weighted by Gasteiger charge is -2.29. The second kappa shape index (κ2) is 8.67. The van der Waals surface area contributed by atoms with E-state index in [0.717, 1.165) is 29.8 Å². The van der Waals surface area contributed by atoms with Crippen LogP contribution in [0.25, 0.3) is 0 Å². The molecule has 1 fully saturated rings. The van der Waals surface area contributed by atoms with Crippen LogP contribution >= 0.6 is 0 Å². The lowest BCUT2D eigenvalue weighted by Crippen LogP contribution is -2.52. The highest BCUT2D eigenvalue weighted by molar-refractivity contribution is 6.05. The van der Waals surface area contributed by atoms with Crippen molar-refractivity contribution in [2.45, 2.75) is 38.4 Å². The van der Waals surface area contributed by atoms with E-state index in [1.54, 1.807) is 4.90 Å². The van der Waals surface area contributed by atoms with Gasteiger partial charge in [0.2, 0.25) is 11.8 Å². The molecule has 2 aliphatic heterocycles. The van der Waals surface area contributed by atoms with Crippen molar-refractivity contribution in [1.82, 2.24) is 15.5 Å². The molecule has 7 nitrogen and oxygen atoms in total. The Hall–Kier alpha value is -3.19. The molecule has 2 heterocycles. The fourth-order valence-corrected chi connectivity index (χ4v) is 4.00. The summed E-state index contributed by atoms with van der Waals surface area (Å²) in [4.78, 5) is 37.9. The van der Waals surface area contributed by atoms with Gasteiger partial charge in [0.05, 0.1) is 0 Å². The standard InChI is InChI=1S/C23H26N4O3/c1-24-11-10-15-2-5-18(6-3-15)25-13-16-4-7-19-17(12-16)14-27(23(19)30)20-8-9-21(28)26-22(20)29/h2-7,12,20,24-25H,8-11,13-14H2,1H3,(H,26,28,29). The van der Waals surface area contributed by atoms with Crippen molar-refractivity contribution in [2.75, 3.05) is 18.9 Å². The predicted octanol–water partition coefficient (Wildman–Crippen LogP) is 1.82. The van der Waals surface area contributed by atoms with Crippen LogP contribution in [0.5, 0.6) is 0 Å². The highest BCUT2D eigenvalue weighted by atomic mass is 16.2. The highest BCUT2D eigenvalue weighted by Gasteiger charge is 2.38. The maximum Gasteiger partial charge on any atom is 0.255 e. The van der Waals surface area contributed by atoms with Crippen LogP contribution in [0.15, 0.2) is 42.5 Å². The van der Waals surface area contributed by atoms with Gasteiger partial charge in [-0.3, -0.25) is 19.7 Å². The lowest BCUT2D eigenvalue weighted by molar-refractivity contribution is -0.136. The Morgan fingerprint density at radius 2 is 1.83 bits per heavy atom. The van der Waals surface area contributed by atoms with Gasteiger partial charge in [0, 0.05) is 30.8 Å². The third kappa shape index (κ3) is 4.21. The monoisotopic (exact) mass is 406 g/mol. The van der Waals surface area contributed by atoms with Crippen LogP contribution in [0, 0.1) is 0 Å². The maximum atomic E-state index is 12.8. The molecule has 3 N–H and O–H groups in total. The zero-order chi connectivity index (χ0) is 21.1. The Morgan fingerprint density at radius 3 is 2.57 bits per heavy atom. The molecule has 0 spiro atoms. The summed E-state index contributed by atoms with van der Waals surface area (Å²) in [5.74, 6) is -0.799. The van der Waals surface area contributed by atoms with Crippen molar-refractivity contribution in [2.24, 2.45) is 0 Å². The van der Waals surface area contributed by atoms with Gasteiger partial charge in [-0.25, -0.2) is 0 Å². The van der Waals surface area contributed by atoms with Crippen molar-refractivity contribution in [3.05, 3.63) is 64.7 Å². The Morgan fingerprint density at radius 1 is 1.07 bits per heavy atom. The number of carbonyl (C=O) groups excluding carboxylic acids is 3. The van der Waals surface area contributed by atoms with E-state index in [4.69, 9.17) is 0 Å². The topological polar surface area (TPSA) is 90.5 Å². The zero-order valence-electron chi connectivity index (χ0n) is 17.0. The molecular formula is C23H26N4O3. The number of piperidine rings is 1. The van der Waals surface area contributed by atoms with Crippen LogP contribution in [0.2, 0.25) is 0 Å². The number of carbonyl (C=O) groups is 3. The van der Waals surface area contributed by atoms with E-state index in [9.17, 15) is 14.4 Å². The number of anilines is 1. The van der Waals surface area contributed by atoms with Crippen molar-refractivity contribution in [3.63, 3.8) is 0 Å². The molecule has 7 heteroatoms. The molecule has 0 aromatic heterocycles. The first-order valence-electron chi connectivity index (χ1n) is 10.3. The average Bonchev–Trinajstić information content (AvgIpc) is 3.07. The van der Waals surface area contributed by atoms with Crippen LogP contribution in [0.1, 0.15) is 39.9 Å². The highest BCUT2D eigenvalue weighted by Crippen LogP contribution is 2.28. The molecule has 2 aromatic rings. The molecule has 0 saturated carbocycles. The van der Waals surface area contributed by atoms with Crippen molar-refractivity contribution in [1.29, 1.82) is 0 Å². The summed E-state index contributed by atoms with van der Waals surface area (Å²) in [6, 6.07) is 13.6. The number of rotatable bonds is 7. The first-order chi connectivity index (χ1) is 14.5. The molecule has 1 atom stereocenters. The lowest BCUT2D eigenvalue weighted by atomic mass is 10.0. The normalized spacial score (nSPS) is 18.4. The van der Waals surface area contributed by atoms with Crippen molar-refractivity contribution < 1.29 is 14.4 Å².